The summed E-state index contributed by atoms with van der Waals surface area (Å²) >= 11 is 12.4. The first-order valence-electron chi connectivity index (χ1n) is 8.99. The second kappa shape index (κ2) is 9.97. The molecular formula is C21H18ClNO5S2. The summed E-state index contributed by atoms with van der Waals surface area (Å²) in [6, 6.07) is 12.7. The number of carbonyl (C=O) groups excluding carboxylic acids is 1. The Kier molecular flexibility index (Phi) is 7.36. The van der Waals surface area contributed by atoms with Crippen LogP contribution >= 0.6 is 35.6 Å². The lowest BCUT2D eigenvalue weighted by molar-refractivity contribution is -0.140. The second-order valence-electron chi connectivity index (χ2n) is 6.18. The van der Waals surface area contributed by atoms with Crippen molar-refractivity contribution in [3.63, 3.8) is 0 Å². The van der Waals surface area contributed by atoms with E-state index >= 15 is 0 Å². The van der Waals surface area contributed by atoms with Crippen LogP contribution in [0.15, 0.2) is 47.4 Å². The predicted molar refractivity (Wildman–Crippen MR) is 121 cm³/mol. The molecular weight excluding hydrogens is 446 g/mol. The van der Waals surface area contributed by atoms with Crippen molar-refractivity contribution in [2.75, 3.05) is 13.2 Å². The van der Waals surface area contributed by atoms with E-state index in [0.29, 0.717) is 33.6 Å². The van der Waals surface area contributed by atoms with Gasteiger partial charge in [0.05, 0.1) is 11.5 Å². The zero-order valence-electron chi connectivity index (χ0n) is 16.0. The smallest absolute Gasteiger partial charge is 0.323 e. The first-order valence-corrected chi connectivity index (χ1v) is 10.6. The van der Waals surface area contributed by atoms with Gasteiger partial charge >= 0.3 is 5.97 Å². The molecule has 0 bridgehead atoms. The molecule has 0 aliphatic carbocycles. The van der Waals surface area contributed by atoms with Crippen LogP contribution in [0.4, 0.5) is 0 Å². The molecule has 0 aromatic heterocycles. The van der Waals surface area contributed by atoms with Crippen LogP contribution in [0.5, 0.6) is 11.5 Å². The molecule has 0 spiro atoms. The van der Waals surface area contributed by atoms with Gasteiger partial charge in [-0.05, 0) is 36.8 Å². The van der Waals surface area contributed by atoms with Crippen LogP contribution in [-0.2, 0) is 16.2 Å². The topological polar surface area (TPSA) is 76.1 Å². The molecule has 2 aromatic rings. The molecule has 1 heterocycles. The van der Waals surface area contributed by atoms with Gasteiger partial charge in [0.2, 0.25) is 0 Å². The number of thioether (sulfide) groups is 1. The molecule has 3 rings (SSSR count). The standard InChI is InChI=1S/C21H18ClNO5S2/c1-2-27-17-9-13(10-18-20(26)23(11-19(24)25)21(29)30-18)7-8-16(17)28-12-14-5-3-4-6-15(14)22/h3-10H,2,11-12H2,1H3,(H,24,25)/b18-10+. The fourth-order valence-corrected chi connectivity index (χ4v) is 4.14. The van der Waals surface area contributed by atoms with Gasteiger partial charge in [-0.1, -0.05) is 59.8 Å². The van der Waals surface area contributed by atoms with Gasteiger partial charge in [-0.3, -0.25) is 14.5 Å². The van der Waals surface area contributed by atoms with E-state index < -0.39 is 18.4 Å². The van der Waals surface area contributed by atoms with Crippen LogP contribution < -0.4 is 9.47 Å². The minimum Gasteiger partial charge on any atom is -0.490 e. The zero-order valence-corrected chi connectivity index (χ0v) is 18.4. The third-order valence-corrected chi connectivity index (χ3v) is 5.82. The van der Waals surface area contributed by atoms with Crippen LogP contribution in [0.3, 0.4) is 0 Å². The molecule has 1 aliphatic heterocycles. The van der Waals surface area contributed by atoms with Crippen molar-refractivity contribution in [1.29, 1.82) is 0 Å². The highest BCUT2D eigenvalue weighted by atomic mass is 35.5. The third-order valence-electron chi connectivity index (χ3n) is 4.07. The van der Waals surface area contributed by atoms with Crippen LogP contribution in [-0.4, -0.2) is 39.4 Å². The average molecular weight is 464 g/mol. The summed E-state index contributed by atoms with van der Waals surface area (Å²) in [5.74, 6) is -0.470. The third kappa shape index (κ3) is 5.33. The maximum Gasteiger partial charge on any atom is 0.323 e. The van der Waals surface area contributed by atoms with Crippen molar-refractivity contribution >= 4 is 57.9 Å². The lowest BCUT2D eigenvalue weighted by Gasteiger charge is -2.13. The van der Waals surface area contributed by atoms with E-state index in [9.17, 15) is 9.59 Å². The van der Waals surface area contributed by atoms with Gasteiger partial charge in [-0.25, -0.2) is 0 Å². The fraction of sp³-hybridized carbons (Fsp3) is 0.190. The normalized spacial score (nSPS) is 15.0. The van der Waals surface area contributed by atoms with Crippen molar-refractivity contribution in [3.8, 4) is 11.5 Å². The van der Waals surface area contributed by atoms with Crippen LogP contribution in [0.1, 0.15) is 18.1 Å². The van der Waals surface area contributed by atoms with Crippen LogP contribution in [0.25, 0.3) is 6.08 Å². The first kappa shape index (κ1) is 22.1. The number of rotatable bonds is 8. The van der Waals surface area contributed by atoms with E-state index in [4.69, 9.17) is 38.4 Å². The summed E-state index contributed by atoms with van der Waals surface area (Å²) in [7, 11) is 0. The van der Waals surface area contributed by atoms with E-state index in [0.717, 1.165) is 22.2 Å². The van der Waals surface area contributed by atoms with E-state index in [2.05, 4.69) is 0 Å². The molecule has 1 amide bonds. The fourth-order valence-electron chi connectivity index (χ4n) is 2.70. The number of carboxylic acid groups (broad SMARTS) is 1. The molecule has 0 saturated carbocycles. The van der Waals surface area contributed by atoms with Gasteiger partial charge in [-0.15, -0.1) is 0 Å². The Morgan fingerprint density at radius 3 is 2.70 bits per heavy atom. The Balaban J connectivity index is 1.80. The van der Waals surface area contributed by atoms with Gasteiger partial charge < -0.3 is 14.6 Å². The summed E-state index contributed by atoms with van der Waals surface area (Å²) in [4.78, 5) is 24.8. The minimum atomic E-state index is -1.12. The highest BCUT2D eigenvalue weighted by molar-refractivity contribution is 8.26. The molecule has 2 aromatic carbocycles. The Labute approximate surface area is 188 Å². The number of aliphatic carboxylic acids is 1. The molecule has 156 valence electrons. The highest BCUT2D eigenvalue weighted by Gasteiger charge is 2.33. The molecule has 1 fully saturated rings. The molecule has 0 unspecified atom stereocenters. The van der Waals surface area contributed by atoms with Gasteiger partial charge in [-0.2, -0.15) is 0 Å². The maximum atomic E-state index is 12.4. The number of benzene rings is 2. The Hall–Kier alpha value is -2.55. The lowest BCUT2D eigenvalue weighted by atomic mass is 10.1. The van der Waals surface area contributed by atoms with Crippen LogP contribution in [0.2, 0.25) is 5.02 Å². The van der Waals surface area contributed by atoms with Gasteiger partial charge in [0.25, 0.3) is 5.91 Å². The van der Waals surface area contributed by atoms with Gasteiger partial charge in [0.15, 0.2) is 11.5 Å². The Morgan fingerprint density at radius 2 is 2.00 bits per heavy atom. The highest BCUT2D eigenvalue weighted by Crippen LogP contribution is 2.35. The number of thiocarbonyl (C=S) groups is 1. The number of amides is 1. The lowest BCUT2D eigenvalue weighted by Crippen LogP contribution is -2.33. The van der Waals surface area contributed by atoms with Crippen molar-refractivity contribution in [2.45, 2.75) is 13.5 Å². The quantitative estimate of drug-likeness (QED) is 0.452. The summed E-state index contributed by atoms with van der Waals surface area (Å²) < 4.78 is 11.8. The van der Waals surface area contributed by atoms with E-state index in [1.807, 2.05) is 25.1 Å². The number of hydrogen-bond donors (Lipinski definition) is 1. The molecule has 30 heavy (non-hydrogen) atoms. The Bertz CT molecular complexity index is 1020. The number of ether oxygens (including phenoxy) is 2. The largest absolute Gasteiger partial charge is 0.490 e. The van der Waals surface area contributed by atoms with E-state index in [1.165, 1.54) is 0 Å². The number of carboxylic acids is 1. The molecule has 9 heteroatoms. The summed E-state index contributed by atoms with van der Waals surface area (Å²) in [5, 5.41) is 9.56. The predicted octanol–water partition coefficient (Wildman–Crippen LogP) is 4.60. The molecule has 6 nitrogen and oxygen atoms in total. The molecule has 1 N–H and O–H groups in total. The Morgan fingerprint density at radius 1 is 1.23 bits per heavy atom. The molecule has 1 saturated heterocycles. The first-order chi connectivity index (χ1) is 14.4. The van der Waals surface area contributed by atoms with Crippen molar-refractivity contribution in [1.82, 2.24) is 4.90 Å². The number of carbonyl (C=O) groups is 2. The van der Waals surface area contributed by atoms with Gasteiger partial charge in [0, 0.05) is 10.6 Å². The molecule has 1 aliphatic rings. The molecule has 0 atom stereocenters. The summed E-state index contributed by atoms with van der Waals surface area (Å²) in [5.41, 5.74) is 1.56. The zero-order chi connectivity index (χ0) is 21.7. The number of nitrogens with zero attached hydrogens (tertiary/aromatic N) is 1. The number of hydrogen-bond acceptors (Lipinski definition) is 6. The SMILES string of the molecule is CCOc1cc(/C=C2/SC(=S)N(CC(=O)O)C2=O)ccc1OCc1ccccc1Cl. The molecule has 0 radical (unpaired) electrons. The van der Waals surface area contributed by atoms with E-state index in [-0.39, 0.29) is 10.9 Å². The maximum absolute atomic E-state index is 12.4. The van der Waals surface area contributed by atoms with Gasteiger partial charge in [0.1, 0.15) is 17.5 Å². The van der Waals surface area contributed by atoms with Crippen molar-refractivity contribution in [3.05, 3.63) is 63.5 Å². The van der Waals surface area contributed by atoms with E-state index in [1.54, 1.807) is 30.3 Å². The van der Waals surface area contributed by atoms with Crippen molar-refractivity contribution < 1.29 is 24.2 Å². The second-order valence-corrected chi connectivity index (χ2v) is 8.26. The minimum absolute atomic E-state index is 0.221. The summed E-state index contributed by atoms with van der Waals surface area (Å²) in [6.07, 6.45) is 1.65. The number of halogens is 1. The average Bonchev–Trinajstić information content (AvgIpc) is 2.96. The monoisotopic (exact) mass is 463 g/mol. The summed E-state index contributed by atoms with van der Waals surface area (Å²) in [6.45, 7) is 2.13. The van der Waals surface area contributed by atoms with Crippen LogP contribution in [0, 0.1) is 0 Å². The van der Waals surface area contributed by atoms with Crippen molar-refractivity contribution in [2.24, 2.45) is 0 Å².